The molecule has 28 heavy (non-hydrogen) atoms. The molecular weight excluding hydrogens is 379 g/mol. The molecule has 4 aromatic rings. The van der Waals surface area contributed by atoms with E-state index in [4.69, 9.17) is 4.42 Å². The van der Waals surface area contributed by atoms with E-state index in [1.165, 1.54) is 28.2 Å². The van der Waals surface area contributed by atoms with Gasteiger partial charge in [-0.25, -0.2) is 14.1 Å². The summed E-state index contributed by atoms with van der Waals surface area (Å²) in [6.07, 6.45) is 2.15. The summed E-state index contributed by atoms with van der Waals surface area (Å²) in [4.78, 5) is 17.9. The number of amides is 1. The average Bonchev–Trinajstić information content (AvgIpc) is 3.42. The van der Waals surface area contributed by atoms with Gasteiger partial charge in [0.25, 0.3) is 5.91 Å². The van der Waals surface area contributed by atoms with E-state index in [0.29, 0.717) is 17.9 Å². The maximum atomic E-state index is 13.7. The lowest BCUT2D eigenvalue weighted by molar-refractivity contribution is 0.0929. The van der Waals surface area contributed by atoms with Gasteiger partial charge in [0.2, 0.25) is 5.82 Å². The van der Waals surface area contributed by atoms with Crippen molar-refractivity contribution in [2.75, 3.05) is 0 Å². The average molecular weight is 396 g/mol. The number of hydrogen-bond acceptors (Lipinski definition) is 5. The van der Waals surface area contributed by atoms with Gasteiger partial charge in [-0.15, -0.1) is 16.4 Å². The molecule has 3 heterocycles. The minimum Gasteiger partial charge on any atom is -0.469 e. The Morgan fingerprint density at radius 1 is 1.29 bits per heavy atom. The number of nitrogens with one attached hydrogen (secondary N) is 1. The molecule has 0 aliphatic carbocycles. The van der Waals surface area contributed by atoms with Crippen molar-refractivity contribution in [3.05, 3.63) is 77.6 Å². The molecule has 0 aliphatic rings. The van der Waals surface area contributed by atoms with Gasteiger partial charge in [0, 0.05) is 12.5 Å². The summed E-state index contributed by atoms with van der Waals surface area (Å²) in [6, 6.07) is 13.3. The van der Waals surface area contributed by atoms with Gasteiger partial charge in [0.05, 0.1) is 16.8 Å². The molecule has 1 aromatic carbocycles. The number of rotatable bonds is 6. The van der Waals surface area contributed by atoms with E-state index in [1.807, 2.05) is 30.5 Å². The van der Waals surface area contributed by atoms with Crippen LogP contribution in [0, 0.1) is 5.82 Å². The third-order valence-electron chi connectivity index (χ3n) is 4.07. The van der Waals surface area contributed by atoms with Crippen LogP contribution in [-0.4, -0.2) is 26.7 Å². The van der Waals surface area contributed by atoms with Crippen molar-refractivity contribution in [2.45, 2.75) is 19.4 Å². The van der Waals surface area contributed by atoms with Gasteiger partial charge in [0.15, 0.2) is 5.82 Å². The van der Waals surface area contributed by atoms with Crippen molar-refractivity contribution in [2.24, 2.45) is 0 Å². The Bertz CT molecular complexity index is 1070. The number of hydrogen-bond donors (Lipinski definition) is 1. The Hall–Kier alpha value is -3.26. The zero-order valence-electron chi connectivity index (χ0n) is 15.0. The highest BCUT2D eigenvalue weighted by atomic mass is 32.1. The zero-order chi connectivity index (χ0) is 19.5. The number of thiophene rings is 1. The largest absolute Gasteiger partial charge is 0.469 e. The van der Waals surface area contributed by atoms with Crippen LogP contribution in [0.15, 0.2) is 64.6 Å². The molecule has 0 spiro atoms. The standard InChI is InChI=1S/C20H17FN4O2S/c1-13(11-16-7-3-9-27-16)22-20(26)18-23-19(17-8-4-10-28-17)25(24-18)15-6-2-5-14(21)12-15/h2-10,12-13H,11H2,1H3,(H,22,26). The predicted molar refractivity (Wildman–Crippen MR) is 104 cm³/mol. The maximum Gasteiger partial charge on any atom is 0.291 e. The van der Waals surface area contributed by atoms with Gasteiger partial charge in [-0.1, -0.05) is 12.1 Å². The van der Waals surface area contributed by atoms with Crippen molar-refractivity contribution < 1.29 is 13.6 Å². The summed E-state index contributed by atoms with van der Waals surface area (Å²) in [6.45, 7) is 1.88. The SMILES string of the molecule is CC(Cc1ccco1)NC(=O)c1nc(-c2cccs2)n(-c2cccc(F)c2)n1. The molecule has 0 aliphatic heterocycles. The van der Waals surface area contributed by atoms with E-state index in [2.05, 4.69) is 15.4 Å². The monoisotopic (exact) mass is 396 g/mol. The predicted octanol–water partition coefficient (Wildman–Crippen LogP) is 4.09. The van der Waals surface area contributed by atoms with Gasteiger partial charge in [-0.3, -0.25) is 4.79 Å². The maximum absolute atomic E-state index is 13.7. The van der Waals surface area contributed by atoms with Gasteiger partial charge in [0.1, 0.15) is 11.6 Å². The summed E-state index contributed by atoms with van der Waals surface area (Å²) in [7, 11) is 0. The van der Waals surface area contributed by atoms with Crippen LogP contribution in [-0.2, 0) is 6.42 Å². The van der Waals surface area contributed by atoms with Gasteiger partial charge in [-0.05, 0) is 48.7 Å². The minimum atomic E-state index is -0.396. The molecule has 1 unspecified atom stereocenters. The van der Waals surface area contributed by atoms with Gasteiger partial charge in [-0.2, -0.15) is 0 Å². The third kappa shape index (κ3) is 3.86. The molecule has 0 saturated carbocycles. The number of carbonyl (C=O) groups excluding carboxylic acids is 1. The Morgan fingerprint density at radius 2 is 2.18 bits per heavy atom. The summed E-state index contributed by atoms with van der Waals surface area (Å²) in [5.41, 5.74) is 0.499. The van der Waals surface area contributed by atoms with Crippen LogP contribution in [0.4, 0.5) is 4.39 Å². The minimum absolute atomic E-state index is 0.0268. The fourth-order valence-corrected chi connectivity index (χ4v) is 3.53. The molecule has 0 saturated heterocycles. The Balaban J connectivity index is 1.62. The molecular formula is C20H17FN4O2S. The zero-order valence-corrected chi connectivity index (χ0v) is 15.8. The fourth-order valence-electron chi connectivity index (χ4n) is 2.83. The lowest BCUT2D eigenvalue weighted by Crippen LogP contribution is -2.34. The molecule has 3 aromatic heterocycles. The van der Waals surface area contributed by atoms with Crippen molar-refractivity contribution >= 4 is 17.2 Å². The Kier molecular flexibility index (Phi) is 5.03. The van der Waals surface area contributed by atoms with Gasteiger partial charge >= 0.3 is 0 Å². The highest BCUT2D eigenvalue weighted by molar-refractivity contribution is 7.13. The highest BCUT2D eigenvalue weighted by Gasteiger charge is 2.21. The van der Waals surface area contributed by atoms with Crippen molar-refractivity contribution in [3.8, 4) is 16.4 Å². The normalized spacial score (nSPS) is 12.1. The van der Waals surface area contributed by atoms with Crippen molar-refractivity contribution in [1.82, 2.24) is 20.1 Å². The summed E-state index contributed by atoms with van der Waals surface area (Å²) in [5, 5.41) is 9.12. The van der Waals surface area contributed by atoms with Crippen LogP contribution in [0.5, 0.6) is 0 Å². The molecule has 6 nitrogen and oxygen atoms in total. The first kappa shape index (κ1) is 18.1. The fraction of sp³-hybridized carbons (Fsp3) is 0.150. The van der Waals surface area contributed by atoms with Crippen LogP contribution in [0.2, 0.25) is 0 Å². The van der Waals surface area contributed by atoms with Crippen LogP contribution < -0.4 is 5.32 Å². The van der Waals surface area contributed by atoms with E-state index in [1.54, 1.807) is 24.5 Å². The number of aromatic nitrogens is 3. The summed E-state index contributed by atoms with van der Waals surface area (Å²) >= 11 is 1.47. The second-order valence-electron chi connectivity index (χ2n) is 6.29. The second kappa shape index (κ2) is 7.77. The molecule has 0 bridgehead atoms. The second-order valence-corrected chi connectivity index (χ2v) is 7.23. The van der Waals surface area contributed by atoms with Crippen LogP contribution in [0.1, 0.15) is 23.3 Å². The van der Waals surface area contributed by atoms with Crippen molar-refractivity contribution in [1.29, 1.82) is 0 Å². The number of carbonyl (C=O) groups is 1. The smallest absolute Gasteiger partial charge is 0.291 e. The highest BCUT2D eigenvalue weighted by Crippen LogP contribution is 2.25. The van der Waals surface area contributed by atoms with Crippen LogP contribution in [0.25, 0.3) is 16.4 Å². The molecule has 0 fully saturated rings. The quantitative estimate of drug-likeness (QED) is 0.533. The number of nitrogens with zero attached hydrogens (tertiary/aromatic N) is 3. The first-order valence-corrected chi connectivity index (χ1v) is 9.58. The molecule has 4 rings (SSSR count). The summed E-state index contributed by atoms with van der Waals surface area (Å²) in [5.74, 6) is 0.518. The number of halogens is 1. The Labute approximate surface area is 164 Å². The topological polar surface area (TPSA) is 73.0 Å². The Morgan fingerprint density at radius 3 is 2.89 bits per heavy atom. The van der Waals surface area contributed by atoms with Crippen molar-refractivity contribution in [3.63, 3.8) is 0 Å². The molecule has 1 atom stereocenters. The first-order valence-electron chi connectivity index (χ1n) is 8.70. The molecule has 0 radical (unpaired) electrons. The third-order valence-corrected chi connectivity index (χ3v) is 4.94. The lowest BCUT2D eigenvalue weighted by atomic mass is 10.2. The van der Waals surface area contributed by atoms with Crippen LogP contribution in [0.3, 0.4) is 0 Å². The molecule has 8 heteroatoms. The van der Waals surface area contributed by atoms with E-state index >= 15 is 0 Å². The van der Waals surface area contributed by atoms with Gasteiger partial charge < -0.3 is 9.73 Å². The van der Waals surface area contributed by atoms with E-state index in [0.717, 1.165) is 10.6 Å². The first-order chi connectivity index (χ1) is 13.6. The number of furan rings is 1. The molecule has 142 valence electrons. The van der Waals surface area contributed by atoms with E-state index in [-0.39, 0.29) is 17.7 Å². The van der Waals surface area contributed by atoms with Crippen LogP contribution >= 0.6 is 11.3 Å². The van der Waals surface area contributed by atoms with E-state index in [9.17, 15) is 9.18 Å². The molecule has 1 amide bonds. The molecule has 1 N–H and O–H groups in total. The number of benzene rings is 1. The lowest BCUT2D eigenvalue weighted by Gasteiger charge is -2.10. The summed E-state index contributed by atoms with van der Waals surface area (Å²) < 4.78 is 20.5. The van der Waals surface area contributed by atoms with E-state index < -0.39 is 5.91 Å².